The molecule has 1 nitrogen and oxygen atoms in total. The van der Waals surface area contributed by atoms with E-state index in [4.69, 9.17) is 0 Å². The average molecular weight is 129 g/mol. The molecule has 7 heavy (non-hydrogen) atoms. The largest absolute Gasteiger partial charge is 0.401 e. The molecule has 40 valence electrons. The van der Waals surface area contributed by atoms with Gasteiger partial charge in [-0.15, -0.1) is 0 Å². The molecule has 0 aromatic carbocycles. The predicted molar refractivity (Wildman–Crippen MR) is 38.9 cm³/mol. The standard InChI is InChI=1S/C4H9N.2Al.4H/c1-4(2)5-3;;;;;;/h1-3H3;;;;;;/q-1;;+1;;;;. The Morgan fingerprint density at radius 1 is 1.43 bits per heavy atom. The molecular weight excluding hydrogens is 116 g/mol. The second kappa shape index (κ2) is 2.54. The van der Waals surface area contributed by atoms with Crippen LogP contribution in [0.25, 0.3) is 0 Å². The molecule has 0 N–H and O–H groups in total. The molecular formula is C4H13Al2N. The van der Waals surface area contributed by atoms with Gasteiger partial charge in [0.15, 0.2) is 0 Å². The van der Waals surface area contributed by atoms with Crippen molar-refractivity contribution in [2.45, 2.75) is 18.2 Å². The first-order valence-corrected chi connectivity index (χ1v) is 4.51. The van der Waals surface area contributed by atoms with Crippen molar-refractivity contribution in [1.29, 1.82) is 0 Å². The van der Waals surface area contributed by atoms with Gasteiger partial charge in [-0.25, -0.2) is 0 Å². The van der Waals surface area contributed by atoms with Crippen LogP contribution in [0, 0.1) is 0 Å². The summed E-state index contributed by atoms with van der Waals surface area (Å²) >= 11 is 2.47. The van der Waals surface area contributed by atoms with E-state index in [1.54, 1.807) is 0 Å². The maximum atomic E-state index is 2.39. The summed E-state index contributed by atoms with van der Waals surface area (Å²) in [6.07, 6.45) is 0. The van der Waals surface area contributed by atoms with Crippen LogP contribution in [0.15, 0.2) is 0 Å². The van der Waals surface area contributed by atoms with Gasteiger partial charge in [0.05, 0.1) is 0 Å². The van der Waals surface area contributed by atoms with E-state index in [1.807, 2.05) is 0 Å². The molecule has 0 fully saturated rings. The van der Waals surface area contributed by atoms with Crippen molar-refractivity contribution < 1.29 is 0 Å². The van der Waals surface area contributed by atoms with Crippen molar-refractivity contribution in [3.8, 4) is 0 Å². The van der Waals surface area contributed by atoms with Gasteiger partial charge in [-0.3, -0.25) is 0 Å². The van der Waals surface area contributed by atoms with Crippen LogP contribution in [0.4, 0.5) is 0 Å². The second-order valence-corrected chi connectivity index (χ2v) is 6.85. The van der Waals surface area contributed by atoms with Crippen LogP contribution in [0.1, 0.15) is 13.8 Å². The predicted octanol–water partition coefficient (Wildman–Crippen LogP) is -1.16. The number of hydrogen-bond acceptors (Lipinski definition) is 1. The zero-order chi connectivity index (χ0) is 6.08. The Morgan fingerprint density at radius 2 is 1.57 bits per heavy atom. The summed E-state index contributed by atoms with van der Waals surface area (Å²) in [4.78, 5) is 0. The van der Waals surface area contributed by atoms with Crippen molar-refractivity contribution >= 4 is 32.8 Å². The molecule has 0 aromatic rings. The summed E-state index contributed by atoms with van der Waals surface area (Å²) in [5.41, 5.74) is 0. The molecule has 0 aliphatic heterocycles. The highest BCUT2D eigenvalue weighted by molar-refractivity contribution is 6.19. The normalized spacial score (nSPS) is 12.6. The smallest absolute Gasteiger partial charge is 0.320 e. The molecule has 0 rings (SSSR count). The Hall–Kier alpha value is 1.02. The maximum Gasteiger partial charge on any atom is 0.320 e. The molecule has 0 spiro atoms. The monoisotopic (exact) mass is 129 g/mol. The molecule has 0 bridgehead atoms. The SMILES string of the molecule is C[N]([AlH2])[C](C)(C)[AlH2]. The van der Waals surface area contributed by atoms with E-state index in [0.29, 0.717) is 4.40 Å². The minimum atomic E-state index is 0.534. The summed E-state index contributed by atoms with van der Waals surface area (Å²) < 4.78 is 2.92. The van der Waals surface area contributed by atoms with Crippen molar-refractivity contribution in [2.75, 3.05) is 7.05 Å². The van der Waals surface area contributed by atoms with Gasteiger partial charge in [0, 0.05) is 0 Å². The van der Waals surface area contributed by atoms with E-state index < -0.39 is 0 Å². The number of rotatable bonds is 1. The molecule has 0 saturated heterocycles. The molecule has 3 heteroatoms. The molecule has 0 aromatic heterocycles. The summed E-state index contributed by atoms with van der Waals surface area (Å²) in [6, 6.07) is 0. The minimum absolute atomic E-state index is 0.534. The molecule has 0 aliphatic rings. The molecule has 0 atom stereocenters. The molecule has 0 unspecified atom stereocenters. The third-order valence-corrected chi connectivity index (χ3v) is 4.47. The Labute approximate surface area is 62.1 Å². The summed E-state index contributed by atoms with van der Waals surface area (Å²) in [5, 5.41) is 0. The Morgan fingerprint density at radius 3 is 1.57 bits per heavy atom. The molecule has 0 aliphatic carbocycles. The molecule has 0 saturated carbocycles. The summed E-state index contributed by atoms with van der Waals surface area (Å²) in [6.45, 7) is 4.57. The minimum Gasteiger partial charge on any atom is -0.401 e. The maximum absolute atomic E-state index is 2.39. The summed E-state index contributed by atoms with van der Waals surface area (Å²) in [5.74, 6) is 0. The zero-order valence-corrected chi connectivity index (χ0v) is 9.95. The molecule has 0 heterocycles. The van der Waals surface area contributed by atoms with Crippen LogP contribution in [-0.4, -0.2) is 48.1 Å². The highest BCUT2D eigenvalue weighted by Crippen LogP contribution is 2.00. The van der Waals surface area contributed by atoms with Crippen LogP contribution in [-0.2, 0) is 0 Å². The van der Waals surface area contributed by atoms with Crippen LogP contribution in [0.5, 0.6) is 0 Å². The zero-order valence-electron chi connectivity index (χ0n) is 5.95. The lowest BCUT2D eigenvalue weighted by molar-refractivity contribution is 0.396. The van der Waals surface area contributed by atoms with Gasteiger partial charge in [0.2, 0.25) is 16.3 Å². The highest BCUT2D eigenvalue weighted by atomic mass is 27.1. The van der Waals surface area contributed by atoms with Crippen LogP contribution >= 0.6 is 0 Å². The number of nitrogens with zero attached hydrogens (tertiary/aromatic N) is 1. The highest BCUT2D eigenvalue weighted by Gasteiger charge is 2.10. The van der Waals surface area contributed by atoms with Gasteiger partial charge in [0.25, 0.3) is 0 Å². The summed E-state index contributed by atoms with van der Waals surface area (Å²) in [7, 11) is 2.18. The first-order valence-electron chi connectivity index (χ1n) is 2.62. The van der Waals surface area contributed by atoms with E-state index in [1.165, 1.54) is 32.8 Å². The van der Waals surface area contributed by atoms with Gasteiger partial charge >= 0.3 is 16.5 Å². The topological polar surface area (TPSA) is 3.24 Å². The van der Waals surface area contributed by atoms with Crippen LogP contribution in [0.3, 0.4) is 0 Å². The van der Waals surface area contributed by atoms with E-state index in [9.17, 15) is 0 Å². The number of hydrogen-bond donors (Lipinski definition) is 0. The molecule has 0 radical (unpaired) electrons. The van der Waals surface area contributed by atoms with E-state index in [2.05, 4.69) is 24.8 Å². The Kier molecular flexibility index (Phi) is 2.91. The van der Waals surface area contributed by atoms with Gasteiger partial charge < -0.3 is 3.88 Å². The van der Waals surface area contributed by atoms with E-state index in [0.717, 1.165) is 0 Å². The van der Waals surface area contributed by atoms with Gasteiger partial charge in [-0.1, -0.05) is 18.2 Å². The third kappa shape index (κ3) is 3.59. The van der Waals surface area contributed by atoms with Gasteiger partial charge in [-0.2, -0.15) is 0 Å². The lowest BCUT2D eigenvalue weighted by Crippen LogP contribution is -2.39. The van der Waals surface area contributed by atoms with E-state index >= 15 is 0 Å². The fourth-order valence-electron chi connectivity index (χ4n) is 0. The lowest BCUT2D eigenvalue weighted by atomic mass is 10.4. The van der Waals surface area contributed by atoms with Crippen molar-refractivity contribution in [2.24, 2.45) is 0 Å². The van der Waals surface area contributed by atoms with Crippen LogP contribution < -0.4 is 0 Å². The van der Waals surface area contributed by atoms with Gasteiger partial charge in [-0.05, 0) is 7.05 Å². The van der Waals surface area contributed by atoms with Gasteiger partial charge in [0.1, 0.15) is 0 Å². The third-order valence-electron chi connectivity index (χ3n) is 1.34. The van der Waals surface area contributed by atoms with Crippen molar-refractivity contribution in [3.05, 3.63) is 0 Å². The quantitative estimate of drug-likeness (QED) is 0.403. The lowest BCUT2D eigenvalue weighted by Gasteiger charge is -2.29. The molecule has 0 amide bonds. The van der Waals surface area contributed by atoms with Crippen molar-refractivity contribution in [3.63, 3.8) is 0 Å². The average Bonchev–Trinajstić information content (AvgIpc) is 1.31. The Balaban J connectivity index is 3.54. The van der Waals surface area contributed by atoms with Crippen LogP contribution in [0.2, 0.25) is 0 Å². The van der Waals surface area contributed by atoms with E-state index in [-0.39, 0.29) is 0 Å². The first kappa shape index (κ1) is 8.02. The second-order valence-electron chi connectivity index (χ2n) is 3.07. The fraction of sp³-hybridized carbons (Fsp3) is 1.00. The van der Waals surface area contributed by atoms with Crippen molar-refractivity contribution in [1.82, 2.24) is 3.88 Å². The fourth-order valence-corrected chi connectivity index (χ4v) is 0. The Bertz CT molecular complexity index is 55.2. The first-order chi connectivity index (χ1) is 2.94.